The summed E-state index contributed by atoms with van der Waals surface area (Å²) in [6.07, 6.45) is 0.922. The van der Waals surface area contributed by atoms with Gasteiger partial charge in [0.2, 0.25) is 0 Å². The molecule has 1 amide bonds. The Bertz CT molecular complexity index is 826. The minimum absolute atomic E-state index is 0.0104. The predicted octanol–water partition coefficient (Wildman–Crippen LogP) is 2.49. The maximum atomic E-state index is 12.8. The maximum Gasteiger partial charge on any atom is 0.314 e. The third-order valence-corrected chi connectivity index (χ3v) is 6.22. The molecule has 1 aromatic heterocycles. The molecule has 1 aliphatic rings. The third-order valence-electron chi connectivity index (χ3n) is 5.36. The van der Waals surface area contributed by atoms with E-state index in [0.717, 1.165) is 12.0 Å². The molecule has 0 unspecified atom stereocenters. The van der Waals surface area contributed by atoms with E-state index in [0.29, 0.717) is 30.2 Å². The molecule has 150 valence electrons. The Balaban J connectivity index is 1.73. The molecule has 2 heterocycles. The Morgan fingerprint density at radius 3 is 2.75 bits per heavy atom. The average molecular weight is 404 g/mol. The number of aliphatic hydroxyl groups is 1. The molecule has 1 aliphatic heterocycles. The van der Waals surface area contributed by atoms with Gasteiger partial charge in [-0.1, -0.05) is 30.3 Å². The Hall–Kier alpha value is -2.45. The van der Waals surface area contributed by atoms with E-state index in [-0.39, 0.29) is 18.9 Å². The molecular weight excluding hydrogens is 378 g/mol. The number of amides is 1. The average Bonchev–Trinajstić information content (AvgIpc) is 3.19. The van der Waals surface area contributed by atoms with Crippen LogP contribution in [-0.2, 0) is 11.2 Å². The van der Waals surface area contributed by atoms with Crippen LogP contribution in [0.4, 0.5) is 5.13 Å². The second-order valence-electron chi connectivity index (χ2n) is 7.12. The number of hydrogen-bond acceptors (Lipinski definition) is 6. The van der Waals surface area contributed by atoms with Crippen LogP contribution in [-0.4, -0.2) is 58.2 Å². The van der Waals surface area contributed by atoms with Crippen molar-refractivity contribution in [1.29, 1.82) is 0 Å². The van der Waals surface area contributed by atoms with Gasteiger partial charge in [0.25, 0.3) is 5.91 Å². The van der Waals surface area contributed by atoms with Gasteiger partial charge in [0.1, 0.15) is 11.1 Å². The number of rotatable bonds is 7. The number of aryl methyl sites for hydroxylation is 1. The number of piperidine rings is 1. The minimum atomic E-state index is -1.36. The summed E-state index contributed by atoms with van der Waals surface area (Å²) < 4.78 is 0. The molecule has 0 aliphatic carbocycles. The van der Waals surface area contributed by atoms with E-state index in [1.54, 1.807) is 12.4 Å². The highest BCUT2D eigenvalue weighted by molar-refractivity contribution is 7.13. The summed E-state index contributed by atoms with van der Waals surface area (Å²) in [5, 5.41) is 25.7. The number of carboxylic acid groups (broad SMARTS) is 1. The second-order valence-corrected chi connectivity index (χ2v) is 7.98. The van der Waals surface area contributed by atoms with Crippen molar-refractivity contribution in [3.63, 3.8) is 0 Å². The molecule has 0 spiro atoms. The summed E-state index contributed by atoms with van der Waals surface area (Å²) in [6.45, 7) is 0.309. The number of nitrogens with zero attached hydrogens (tertiary/aromatic N) is 2. The van der Waals surface area contributed by atoms with Crippen LogP contribution in [0.15, 0.2) is 35.7 Å². The van der Waals surface area contributed by atoms with Gasteiger partial charge in [-0.3, -0.25) is 9.59 Å². The first kappa shape index (κ1) is 20.3. The van der Waals surface area contributed by atoms with Crippen molar-refractivity contribution in [2.24, 2.45) is 5.41 Å². The minimum Gasteiger partial charge on any atom is -0.481 e. The molecule has 1 fully saturated rings. The lowest BCUT2D eigenvalue weighted by atomic mass is 9.73. The van der Waals surface area contributed by atoms with Crippen molar-refractivity contribution in [2.45, 2.75) is 31.8 Å². The van der Waals surface area contributed by atoms with Crippen molar-refractivity contribution in [2.75, 3.05) is 25.5 Å². The zero-order chi connectivity index (χ0) is 20.1. The van der Waals surface area contributed by atoms with Crippen LogP contribution in [0.1, 0.15) is 35.3 Å². The van der Waals surface area contributed by atoms with Crippen molar-refractivity contribution in [1.82, 2.24) is 9.88 Å². The van der Waals surface area contributed by atoms with Gasteiger partial charge in [-0.05, 0) is 31.2 Å². The molecular formula is C20H25N3O4S. The summed E-state index contributed by atoms with van der Waals surface area (Å²) in [5.41, 5.74) is 0.0718. The Morgan fingerprint density at radius 2 is 2.11 bits per heavy atom. The van der Waals surface area contributed by atoms with Crippen molar-refractivity contribution in [3.05, 3.63) is 47.0 Å². The molecule has 7 nitrogen and oxygen atoms in total. The van der Waals surface area contributed by atoms with Gasteiger partial charge in [-0.15, -0.1) is 11.3 Å². The fourth-order valence-electron chi connectivity index (χ4n) is 3.72. The SMILES string of the molecule is CNc1nc(C(=O)N2CC[C@@H](O)[C@](CCCc3ccccc3)(C(=O)O)C2)cs1. The summed E-state index contributed by atoms with van der Waals surface area (Å²) in [4.78, 5) is 30.7. The fraction of sp³-hybridized carbons (Fsp3) is 0.450. The molecule has 3 rings (SSSR count). The van der Waals surface area contributed by atoms with Gasteiger partial charge < -0.3 is 20.4 Å². The lowest BCUT2D eigenvalue weighted by Gasteiger charge is -2.43. The van der Waals surface area contributed by atoms with Crippen LogP contribution in [0.3, 0.4) is 0 Å². The number of aliphatic hydroxyl groups excluding tert-OH is 1. The summed E-state index contributed by atoms with van der Waals surface area (Å²) in [7, 11) is 1.73. The van der Waals surface area contributed by atoms with Crippen molar-refractivity contribution >= 4 is 28.3 Å². The number of benzene rings is 1. The van der Waals surface area contributed by atoms with Gasteiger partial charge >= 0.3 is 5.97 Å². The normalized spacial score (nSPS) is 22.1. The van der Waals surface area contributed by atoms with E-state index in [2.05, 4.69) is 10.3 Å². The number of anilines is 1. The van der Waals surface area contributed by atoms with E-state index < -0.39 is 17.5 Å². The van der Waals surface area contributed by atoms with E-state index >= 15 is 0 Å². The molecule has 2 atom stereocenters. The van der Waals surface area contributed by atoms with Crippen LogP contribution in [0.2, 0.25) is 0 Å². The number of likely N-dealkylation sites (tertiary alicyclic amines) is 1. The lowest BCUT2D eigenvalue weighted by molar-refractivity contribution is -0.162. The van der Waals surface area contributed by atoms with Crippen LogP contribution in [0, 0.1) is 5.41 Å². The predicted molar refractivity (Wildman–Crippen MR) is 108 cm³/mol. The Morgan fingerprint density at radius 1 is 1.36 bits per heavy atom. The Kier molecular flexibility index (Phi) is 6.31. The summed E-state index contributed by atoms with van der Waals surface area (Å²) in [6, 6.07) is 9.84. The molecule has 0 radical (unpaired) electrons. The number of thiazole rings is 1. The molecule has 28 heavy (non-hydrogen) atoms. The summed E-state index contributed by atoms with van der Waals surface area (Å²) in [5.74, 6) is -1.35. The largest absolute Gasteiger partial charge is 0.481 e. The highest BCUT2D eigenvalue weighted by Gasteiger charge is 2.49. The third kappa shape index (κ3) is 4.18. The monoisotopic (exact) mass is 403 g/mol. The van der Waals surface area contributed by atoms with Crippen LogP contribution >= 0.6 is 11.3 Å². The van der Waals surface area contributed by atoms with E-state index in [1.807, 2.05) is 30.3 Å². The Labute approximate surface area is 168 Å². The molecule has 1 saturated heterocycles. The maximum absolute atomic E-state index is 12.8. The van der Waals surface area contributed by atoms with Gasteiger partial charge in [0, 0.05) is 25.5 Å². The van der Waals surface area contributed by atoms with Crippen LogP contribution in [0.25, 0.3) is 0 Å². The number of aliphatic carboxylic acids is 1. The highest BCUT2D eigenvalue weighted by Crippen LogP contribution is 2.36. The number of carboxylic acids is 1. The van der Waals surface area contributed by atoms with Crippen molar-refractivity contribution in [3.8, 4) is 0 Å². The topological polar surface area (TPSA) is 103 Å². The molecule has 0 bridgehead atoms. The van der Waals surface area contributed by atoms with Crippen LogP contribution in [0.5, 0.6) is 0 Å². The molecule has 1 aromatic carbocycles. The molecule has 2 aromatic rings. The highest BCUT2D eigenvalue weighted by atomic mass is 32.1. The fourth-order valence-corrected chi connectivity index (χ4v) is 4.36. The van der Waals surface area contributed by atoms with E-state index in [4.69, 9.17) is 0 Å². The van der Waals surface area contributed by atoms with E-state index in [1.165, 1.54) is 16.2 Å². The first-order chi connectivity index (χ1) is 13.5. The lowest BCUT2D eigenvalue weighted by Crippen LogP contribution is -2.57. The van der Waals surface area contributed by atoms with Gasteiger partial charge in [-0.25, -0.2) is 4.98 Å². The number of carbonyl (C=O) groups is 2. The molecule has 3 N–H and O–H groups in total. The standard InChI is InChI=1S/C20H25N3O4S/c1-21-19-22-15(12-28-19)17(25)23-11-9-16(24)20(13-23,18(26)27)10-5-8-14-6-3-2-4-7-14/h2-4,6-7,12,16,24H,5,8-11,13H2,1H3,(H,21,22)(H,26,27)/t16-,20-/m1/s1. The quantitative estimate of drug-likeness (QED) is 0.656. The number of hydrogen-bond donors (Lipinski definition) is 3. The smallest absolute Gasteiger partial charge is 0.314 e. The first-order valence-corrected chi connectivity index (χ1v) is 10.2. The zero-order valence-electron chi connectivity index (χ0n) is 15.8. The van der Waals surface area contributed by atoms with Gasteiger partial charge in [0.05, 0.1) is 6.10 Å². The second kappa shape index (κ2) is 8.70. The van der Waals surface area contributed by atoms with Crippen molar-refractivity contribution < 1.29 is 19.8 Å². The van der Waals surface area contributed by atoms with Crippen LogP contribution < -0.4 is 5.32 Å². The van der Waals surface area contributed by atoms with E-state index in [9.17, 15) is 19.8 Å². The zero-order valence-corrected chi connectivity index (χ0v) is 16.6. The van der Waals surface area contributed by atoms with Gasteiger partial charge in [-0.2, -0.15) is 0 Å². The summed E-state index contributed by atoms with van der Waals surface area (Å²) >= 11 is 1.32. The number of carbonyl (C=O) groups excluding carboxylic acids is 1. The number of nitrogens with one attached hydrogen (secondary N) is 1. The molecule has 8 heteroatoms. The first-order valence-electron chi connectivity index (χ1n) is 9.34. The number of aromatic nitrogens is 1. The van der Waals surface area contributed by atoms with Gasteiger partial charge in [0.15, 0.2) is 5.13 Å². The molecule has 0 saturated carbocycles.